The summed E-state index contributed by atoms with van der Waals surface area (Å²) in [5.41, 5.74) is 7.01. The number of carboxylic acid groups (broad SMARTS) is 1. The zero-order valence-electron chi connectivity index (χ0n) is 18.4. The minimum absolute atomic E-state index is 0.0560. The van der Waals surface area contributed by atoms with Crippen LogP contribution < -0.4 is 5.73 Å². The molecule has 0 atom stereocenters. The quantitative estimate of drug-likeness (QED) is 0.459. The molecule has 4 rings (SSSR count). The van der Waals surface area contributed by atoms with Crippen molar-refractivity contribution in [2.24, 2.45) is 5.73 Å². The molecule has 188 valence electrons. The van der Waals surface area contributed by atoms with Crippen molar-refractivity contribution in [1.82, 2.24) is 29.9 Å². The van der Waals surface area contributed by atoms with E-state index in [1.807, 2.05) is 11.0 Å². The van der Waals surface area contributed by atoms with Crippen molar-refractivity contribution in [3.63, 3.8) is 0 Å². The van der Waals surface area contributed by atoms with Crippen molar-refractivity contribution in [3.05, 3.63) is 59.7 Å². The molecule has 4 N–H and O–H groups in total. The zero-order valence-corrected chi connectivity index (χ0v) is 18.4. The van der Waals surface area contributed by atoms with Crippen LogP contribution in [-0.4, -0.2) is 66.1 Å². The number of piperidine rings is 1. The van der Waals surface area contributed by atoms with Gasteiger partial charge in [-0.25, -0.2) is 18.9 Å². The van der Waals surface area contributed by atoms with Gasteiger partial charge in [-0.2, -0.15) is 23.4 Å². The number of nitrogens with two attached hydrogens (primary N) is 1. The number of nitrogens with one attached hydrogen (secondary N) is 1. The molecule has 3 aromatic rings. The van der Waals surface area contributed by atoms with Gasteiger partial charge >= 0.3 is 12.1 Å². The Morgan fingerprint density at radius 3 is 2.31 bits per heavy atom. The number of amides is 1. The van der Waals surface area contributed by atoms with Crippen molar-refractivity contribution in [3.8, 4) is 5.69 Å². The second kappa shape index (κ2) is 11.1. The summed E-state index contributed by atoms with van der Waals surface area (Å²) in [6.45, 7) is 1.69. The average Bonchev–Trinajstić information content (AvgIpc) is 3.49. The van der Waals surface area contributed by atoms with E-state index in [4.69, 9.17) is 15.6 Å². The number of carbonyl (C=O) groups is 2. The normalized spacial score (nSPS) is 14.4. The Morgan fingerprint density at radius 1 is 1.14 bits per heavy atom. The fourth-order valence-corrected chi connectivity index (χ4v) is 3.43. The Hall–Kier alpha value is -3.81. The standard InChI is InChI=1S/C19H22FN7O.C2HF3O2/c20-14-1-3-16(4-2-14)27-10-7-15(25-27)11-18(28)26-8-5-13(6-9-26)19-22-17(12-21)23-24-19;3-2(4,5)1(6)7/h1-4,7,10,13H,5-6,8-9,11-12,21H2,(H,22,23,24);(H,6,7). The fourth-order valence-electron chi connectivity index (χ4n) is 3.43. The number of halogens is 4. The molecule has 10 nitrogen and oxygen atoms in total. The lowest BCUT2D eigenvalue weighted by Gasteiger charge is -2.30. The summed E-state index contributed by atoms with van der Waals surface area (Å²) in [5.74, 6) is -1.28. The molecular weight excluding hydrogens is 474 g/mol. The highest BCUT2D eigenvalue weighted by Gasteiger charge is 2.38. The van der Waals surface area contributed by atoms with Crippen LogP contribution >= 0.6 is 0 Å². The highest BCUT2D eigenvalue weighted by molar-refractivity contribution is 5.78. The van der Waals surface area contributed by atoms with Crippen LogP contribution in [0.5, 0.6) is 0 Å². The third-order valence-corrected chi connectivity index (χ3v) is 5.27. The van der Waals surface area contributed by atoms with Gasteiger partial charge in [0.05, 0.1) is 24.3 Å². The maximum Gasteiger partial charge on any atom is 0.490 e. The van der Waals surface area contributed by atoms with E-state index in [1.165, 1.54) is 12.1 Å². The van der Waals surface area contributed by atoms with Crippen molar-refractivity contribution in [1.29, 1.82) is 0 Å². The third-order valence-electron chi connectivity index (χ3n) is 5.27. The number of aromatic nitrogens is 5. The molecule has 0 saturated carbocycles. The van der Waals surface area contributed by atoms with E-state index in [0.29, 0.717) is 31.2 Å². The summed E-state index contributed by atoms with van der Waals surface area (Å²) in [7, 11) is 0. The number of rotatable bonds is 5. The fraction of sp³-hybridized carbons (Fsp3) is 0.381. The number of hydrogen-bond acceptors (Lipinski definition) is 6. The van der Waals surface area contributed by atoms with Gasteiger partial charge in [-0.15, -0.1) is 0 Å². The lowest BCUT2D eigenvalue weighted by molar-refractivity contribution is -0.192. The Morgan fingerprint density at radius 2 is 1.77 bits per heavy atom. The summed E-state index contributed by atoms with van der Waals surface area (Å²) in [5, 5.41) is 18.6. The molecule has 0 aliphatic carbocycles. The van der Waals surface area contributed by atoms with Gasteiger partial charge in [-0.05, 0) is 43.2 Å². The molecule has 1 fully saturated rings. The van der Waals surface area contributed by atoms with Crippen LogP contribution in [0.25, 0.3) is 5.69 Å². The monoisotopic (exact) mass is 497 g/mol. The van der Waals surface area contributed by atoms with Crippen molar-refractivity contribution in [2.45, 2.75) is 37.9 Å². The summed E-state index contributed by atoms with van der Waals surface area (Å²) in [6.07, 6.45) is -1.40. The zero-order chi connectivity index (χ0) is 25.6. The minimum Gasteiger partial charge on any atom is -0.475 e. The number of nitrogens with zero attached hydrogens (tertiary/aromatic N) is 5. The lowest BCUT2D eigenvalue weighted by Crippen LogP contribution is -2.39. The van der Waals surface area contributed by atoms with Gasteiger partial charge in [0.15, 0.2) is 5.82 Å². The SMILES string of the molecule is NCc1nc(C2CCN(C(=O)Cc3ccn(-c4ccc(F)cc4)n3)CC2)n[nH]1.O=C(O)C(F)(F)F. The highest BCUT2D eigenvalue weighted by atomic mass is 19.4. The number of benzene rings is 1. The molecule has 14 heteroatoms. The first-order valence-electron chi connectivity index (χ1n) is 10.6. The number of hydrogen-bond donors (Lipinski definition) is 3. The average molecular weight is 497 g/mol. The van der Waals surface area contributed by atoms with Crippen LogP contribution in [0, 0.1) is 5.82 Å². The van der Waals surface area contributed by atoms with E-state index in [9.17, 15) is 22.4 Å². The van der Waals surface area contributed by atoms with Gasteiger partial charge in [-0.1, -0.05) is 0 Å². The Balaban J connectivity index is 0.000000429. The van der Waals surface area contributed by atoms with E-state index in [1.54, 1.807) is 23.0 Å². The number of carbonyl (C=O) groups excluding carboxylic acids is 1. The number of aromatic amines is 1. The van der Waals surface area contributed by atoms with Gasteiger partial charge in [0.25, 0.3) is 0 Å². The van der Waals surface area contributed by atoms with Gasteiger partial charge in [0.1, 0.15) is 11.6 Å². The first-order valence-corrected chi connectivity index (χ1v) is 10.6. The van der Waals surface area contributed by atoms with Gasteiger partial charge < -0.3 is 15.7 Å². The molecule has 1 saturated heterocycles. The van der Waals surface area contributed by atoms with Gasteiger partial charge in [-0.3, -0.25) is 9.89 Å². The molecule has 0 radical (unpaired) electrons. The topological polar surface area (TPSA) is 143 Å². The number of alkyl halides is 3. The predicted octanol–water partition coefficient (Wildman–Crippen LogP) is 2.17. The number of carboxylic acids is 1. The molecule has 2 aromatic heterocycles. The van der Waals surface area contributed by atoms with Crippen LogP contribution in [0.3, 0.4) is 0 Å². The first kappa shape index (κ1) is 25.8. The lowest BCUT2D eigenvalue weighted by atomic mass is 9.96. The second-order valence-electron chi connectivity index (χ2n) is 7.71. The molecule has 1 aliphatic rings. The van der Waals surface area contributed by atoms with Crippen LogP contribution in [-0.2, 0) is 22.6 Å². The summed E-state index contributed by atoms with van der Waals surface area (Å²) >= 11 is 0. The van der Waals surface area contributed by atoms with Gasteiger partial charge in [0.2, 0.25) is 5.91 Å². The van der Waals surface area contributed by atoms with Crippen molar-refractivity contribution >= 4 is 11.9 Å². The molecule has 0 spiro atoms. The van der Waals surface area contributed by atoms with Crippen molar-refractivity contribution < 1.29 is 32.3 Å². The maximum atomic E-state index is 13.0. The van der Waals surface area contributed by atoms with E-state index in [0.717, 1.165) is 24.4 Å². The molecule has 1 aliphatic heterocycles. The highest BCUT2D eigenvalue weighted by Crippen LogP contribution is 2.25. The Bertz CT molecular complexity index is 1140. The van der Waals surface area contributed by atoms with Crippen LogP contribution in [0.15, 0.2) is 36.5 Å². The molecule has 0 unspecified atom stereocenters. The largest absolute Gasteiger partial charge is 0.490 e. The summed E-state index contributed by atoms with van der Waals surface area (Å²) in [4.78, 5) is 27.8. The third kappa shape index (κ3) is 7.09. The second-order valence-corrected chi connectivity index (χ2v) is 7.71. The van der Waals surface area contributed by atoms with E-state index in [-0.39, 0.29) is 24.1 Å². The summed E-state index contributed by atoms with van der Waals surface area (Å²) < 4.78 is 46.4. The van der Waals surface area contributed by atoms with E-state index < -0.39 is 12.1 Å². The smallest absolute Gasteiger partial charge is 0.475 e. The number of aliphatic carboxylic acids is 1. The molecule has 1 aromatic carbocycles. The number of likely N-dealkylation sites (tertiary alicyclic amines) is 1. The molecular formula is C21H23F4N7O3. The van der Waals surface area contributed by atoms with Crippen molar-refractivity contribution in [2.75, 3.05) is 13.1 Å². The molecule has 0 bridgehead atoms. The Kier molecular flexibility index (Phi) is 8.17. The predicted molar refractivity (Wildman–Crippen MR) is 114 cm³/mol. The molecule has 35 heavy (non-hydrogen) atoms. The van der Waals surface area contributed by atoms with Crippen LogP contribution in [0.1, 0.15) is 36.1 Å². The van der Waals surface area contributed by atoms with Crippen LogP contribution in [0.4, 0.5) is 17.6 Å². The number of H-pyrrole nitrogens is 1. The maximum absolute atomic E-state index is 13.0. The first-order chi connectivity index (χ1) is 16.6. The van der Waals surface area contributed by atoms with E-state index >= 15 is 0 Å². The van der Waals surface area contributed by atoms with Gasteiger partial charge in [0, 0.05) is 25.2 Å². The molecule has 1 amide bonds. The molecule has 3 heterocycles. The Labute approximate surface area is 196 Å². The minimum atomic E-state index is -5.08. The van der Waals surface area contributed by atoms with E-state index in [2.05, 4.69) is 20.3 Å². The van der Waals surface area contributed by atoms with Crippen LogP contribution in [0.2, 0.25) is 0 Å². The summed E-state index contributed by atoms with van der Waals surface area (Å²) in [6, 6.07) is 7.89.